The van der Waals surface area contributed by atoms with Crippen LogP contribution in [0.5, 0.6) is 0 Å². The fourth-order valence-electron chi connectivity index (χ4n) is 1.36. The van der Waals surface area contributed by atoms with Crippen LogP contribution in [0.1, 0.15) is 12.5 Å². The van der Waals surface area contributed by atoms with Gasteiger partial charge in [-0.05, 0) is 11.6 Å². The molecule has 5 heteroatoms. The van der Waals surface area contributed by atoms with Crippen LogP contribution in [0.3, 0.4) is 0 Å². The van der Waals surface area contributed by atoms with Gasteiger partial charge in [-0.2, -0.15) is 0 Å². The summed E-state index contributed by atoms with van der Waals surface area (Å²) in [6.07, 6.45) is 0. The van der Waals surface area contributed by atoms with Crippen LogP contribution < -0.4 is 5.32 Å². The summed E-state index contributed by atoms with van der Waals surface area (Å²) < 4.78 is 10.0. The number of nitrogens with one attached hydrogen (secondary N) is 1. The topological polar surface area (TPSA) is 47.6 Å². The Morgan fingerprint density at radius 3 is 2.78 bits per heavy atom. The molecule has 4 nitrogen and oxygen atoms in total. The molecule has 1 rings (SSSR count). The van der Waals surface area contributed by atoms with Crippen molar-refractivity contribution in [2.24, 2.45) is 0 Å². The van der Waals surface area contributed by atoms with Gasteiger partial charge in [0, 0.05) is 25.0 Å². The molecule has 0 unspecified atom stereocenters. The summed E-state index contributed by atoms with van der Waals surface area (Å²) in [5.41, 5.74) is 1.07. The molecule has 0 radical (unpaired) electrons. The summed E-state index contributed by atoms with van der Waals surface area (Å²) in [7, 11) is 0. The number of rotatable bonds is 8. The molecule has 0 saturated carbocycles. The van der Waals surface area contributed by atoms with Crippen molar-refractivity contribution in [3.05, 3.63) is 34.9 Å². The summed E-state index contributed by atoms with van der Waals surface area (Å²) in [5, 5.41) is 3.99. The molecule has 0 spiro atoms. The lowest BCUT2D eigenvalue weighted by Gasteiger charge is -2.07. The first-order valence-corrected chi connectivity index (χ1v) is 6.23. The molecule has 0 heterocycles. The second kappa shape index (κ2) is 8.91. The maximum absolute atomic E-state index is 10.5. The number of halogens is 1. The highest BCUT2D eigenvalue weighted by Gasteiger charge is 1.97. The van der Waals surface area contributed by atoms with Gasteiger partial charge < -0.3 is 14.8 Å². The Labute approximate surface area is 112 Å². The van der Waals surface area contributed by atoms with E-state index < -0.39 is 0 Å². The molecule has 0 amide bonds. The van der Waals surface area contributed by atoms with Gasteiger partial charge in [0.25, 0.3) is 0 Å². The van der Waals surface area contributed by atoms with Crippen molar-refractivity contribution in [1.29, 1.82) is 0 Å². The molecule has 0 aliphatic carbocycles. The summed E-state index contributed by atoms with van der Waals surface area (Å²) in [6, 6.07) is 7.72. The Morgan fingerprint density at radius 2 is 2.06 bits per heavy atom. The highest BCUT2D eigenvalue weighted by atomic mass is 35.5. The quantitative estimate of drug-likeness (QED) is 0.580. The fourth-order valence-corrected chi connectivity index (χ4v) is 1.56. The lowest BCUT2D eigenvalue weighted by molar-refractivity contribution is -0.142. The third-order valence-electron chi connectivity index (χ3n) is 2.23. The summed E-state index contributed by atoms with van der Waals surface area (Å²) in [6.45, 7) is 4.13. The SMILES string of the molecule is CC(=O)OCCOCCNCc1ccccc1Cl. The number of hydrogen-bond acceptors (Lipinski definition) is 4. The number of esters is 1. The summed E-state index contributed by atoms with van der Waals surface area (Å²) >= 11 is 6.02. The van der Waals surface area contributed by atoms with Gasteiger partial charge in [-0.3, -0.25) is 4.79 Å². The van der Waals surface area contributed by atoms with Gasteiger partial charge in [-0.1, -0.05) is 29.8 Å². The van der Waals surface area contributed by atoms with E-state index in [0.717, 1.165) is 17.1 Å². The fraction of sp³-hybridized carbons (Fsp3) is 0.462. The predicted molar refractivity (Wildman–Crippen MR) is 70.6 cm³/mol. The number of ether oxygens (including phenoxy) is 2. The van der Waals surface area contributed by atoms with E-state index in [-0.39, 0.29) is 5.97 Å². The zero-order chi connectivity index (χ0) is 13.2. The Kier molecular flexibility index (Phi) is 7.41. The van der Waals surface area contributed by atoms with Gasteiger partial charge in [0.1, 0.15) is 6.61 Å². The van der Waals surface area contributed by atoms with E-state index in [1.54, 1.807) is 0 Å². The first kappa shape index (κ1) is 15.0. The number of benzene rings is 1. The van der Waals surface area contributed by atoms with Crippen molar-refractivity contribution in [1.82, 2.24) is 5.32 Å². The minimum absolute atomic E-state index is 0.282. The number of carbonyl (C=O) groups is 1. The summed E-state index contributed by atoms with van der Waals surface area (Å²) in [5.74, 6) is -0.282. The molecule has 100 valence electrons. The zero-order valence-electron chi connectivity index (χ0n) is 10.4. The van der Waals surface area contributed by atoms with E-state index in [1.807, 2.05) is 24.3 Å². The largest absolute Gasteiger partial charge is 0.463 e. The Morgan fingerprint density at radius 1 is 1.28 bits per heavy atom. The molecule has 0 atom stereocenters. The van der Waals surface area contributed by atoms with Gasteiger partial charge in [-0.15, -0.1) is 0 Å². The molecule has 0 saturated heterocycles. The third-order valence-corrected chi connectivity index (χ3v) is 2.60. The number of hydrogen-bond donors (Lipinski definition) is 1. The zero-order valence-corrected chi connectivity index (χ0v) is 11.2. The number of carbonyl (C=O) groups excluding carboxylic acids is 1. The van der Waals surface area contributed by atoms with Crippen LogP contribution in [0.15, 0.2) is 24.3 Å². The lowest BCUT2D eigenvalue weighted by atomic mass is 10.2. The van der Waals surface area contributed by atoms with E-state index in [0.29, 0.717) is 26.4 Å². The highest BCUT2D eigenvalue weighted by Crippen LogP contribution is 2.13. The molecule has 18 heavy (non-hydrogen) atoms. The highest BCUT2D eigenvalue weighted by molar-refractivity contribution is 6.31. The van der Waals surface area contributed by atoms with Crippen LogP contribution in [0.2, 0.25) is 5.02 Å². The summed E-state index contributed by atoms with van der Waals surface area (Å²) in [4.78, 5) is 10.5. The Hall–Kier alpha value is -1.10. The minimum Gasteiger partial charge on any atom is -0.463 e. The van der Waals surface area contributed by atoms with E-state index in [9.17, 15) is 4.79 Å². The average Bonchev–Trinajstić information content (AvgIpc) is 2.34. The molecule has 0 aromatic heterocycles. The van der Waals surface area contributed by atoms with E-state index in [1.165, 1.54) is 6.92 Å². The molecule has 0 bridgehead atoms. The van der Waals surface area contributed by atoms with Gasteiger partial charge in [0.2, 0.25) is 0 Å². The van der Waals surface area contributed by atoms with Crippen LogP contribution in [0.4, 0.5) is 0 Å². The molecule has 0 aliphatic heterocycles. The van der Waals surface area contributed by atoms with Crippen LogP contribution in [0, 0.1) is 0 Å². The lowest BCUT2D eigenvalue weighted by Crippen LogP contribution is -2.20. The van der Waals surface area contributed by atoms with Crippen molar-refractivity contribution in [3.63, 3.8) is 0 Å². The van der Waals surface area contributed by atoms with Crippen molar-refractivity contribution in [3.8, 4) is 0 Å². The maximum Gasteiger partial charge on any atom is 0.302 e. The van der Waals surface area contributed by atoms with Crippen LogP contribution in [-0.2, 0) is 20.8 Å². The van der Waals surface area contributed by atoms with Crippen molar-refractivity contribution >= 4 is 17.6 Å². The van der Waals surface area contributed by atoms with E-state index in [2.05, 4.69) is 5.32 Å². The molecule has 1 N–H and O–H groups in total. The van der Waals surface area contributed by atoms with Crippen molar-refractivity contribution in [2.45, 2.75) is 13.5 Å². The molecule has 1 aromatic carbocycles. The van der Waals surface area contributed by atoms with Gasteiger partial charge in [-0.25, -0.2) is 0 Å². The smallest absolute Gasteiger partial charge is 0.302 e. The van der Waals surface area contributed by atoms with Crippen LogP contribution >= 0.6 is 11.6 Å². The minimum atomic E-state index is -0.282. The molecule has 0 aliphatic rings. The monoisotopic (exact) mass is 271 g/mol. The average molecular weight is 272 g/mol. The predicted octanol–water partition coefficient (Wildman–Crippen LogP) is 2.01. The van der Waals surface area contributed by atoms with Crippen molar-refractivity contribution < 1.29 is 14.3 Å². The van der Waals surface area contributed by atoms with Gasteiger partial charge in [0.05, 0.1) is 13.2 Å². The Bertz CT molecular complexity index is 371. The maximum atomic E-state index is 10.5. The molecular formula is C13H18ClNO3. The van der Waals surface area contributed by atoms with E-state index >= 15 is 0 Å². The van der Waals surface area contributed by atoms with Gasteiger partial charge in [0.15, 0.2) is 0 Å². The second-order valence-corrected chi connectivity index (χ2v) is 4.13. The third kappa shape index (κ3) is 6.59. The first-order chi connectivity index (χ1) is 8.70. The van der Waals surface area contributed by atoms with E-state index in [4.69, 9.17) is 21.1 Å². The first-order valence-electron chi connectivity index (χ1n) is 5.85. The van der Waals surface area contributed by atoms with Crippen LogP contribution in [0.25, 0.3) is 0 Å². The van der Waals surface area contributed by atoms with Crippen molar-refractivity contribution in [2.75, 3.05) is 26.4 Å². The second-order valence-electron chi connectivity index (χ2n) is 3.72. The normalized spacial score (nSPS) is 10.3. The molecule has 1 aromatic rings. The van der Waals surface area contributed by atoms with Crippen LogP contribution in [-0.4, -0.2) is 32.3 Å². The molecule has 0 fully saturated rings. The van der Waals surface area contributed by atoms with Gasteiger partial charge >= 0.3 is 5.97 Å². The Balaban J connectivity index is 1.99. The standard InChI is InChI=1S/C13H18ClNO3/c1-11(16)18-9-8-17-7-6-15-10-12-4-2-3-5-13(12)14/h2-5,15H,6-10H2,1H3. The molecular weight excluding hydrogens is 254 g/mol.